The van der Waals surface area contributed by atoms with Crippen LogP contribution in [0.5, 0.6) is 11.5 Å². The summed E-state index contributed by atoms with van der Waals surface area (Å²) in [6, 6.07) is 2.44. The summed E-state index contributed by atoms with van der Waals surface area (Å²) in [6.07, 6.45) is 1.99. The first-order valence-corrected chi connectivity index (χ1v) is 12.1. The maximum atomic E-state index is 12.7. The summed E-state index contributed by atoms with van der Waals surface area (Å²) in [4.78, 5) is 26.7. The van der Waals surface area contributed by atoms with Crippen molar-refractivity contribution in [1.82, 2.24) is 4.90 Å². The van der Waals surface area contributed by atoms with Crippen LogP contribution in [0.4, 0.5) is 0 Å². The van der Waals surface area contributed by atoms with E-state index in [0.717, 1.165) is 12.8 Å². The van der Waals surface area contributed by atoms with Gasteiger partial charge >= 0.3 is 5.97 Å². The minimum absolute atomic E-state index is 0.0535. The molecule has 0 saturated carbocycles. The van der Waals surface area contributed by atoms with Crippen LogP contribution in [0.25, 0.3) is 0 Å². The Kier molecular flexibility index (Phi) is 8.78. The number of esters is 1. The molecule has 10 heteroatoms. The first-order valence-electron chi connectivity index (χ1n) is 9.89. The minimum atomic E-state index is -3.14. The second-order valence-electron chi connectivity index (χ2n) is 7.00. The van der Waals surface area contributed by atoms with Gasteiger partial charge in [0.15, 0.2) is 27.9 Å². The molecular weight excluding hydrogens is 434 g/mol. The van der Waals surface area contributed by atoms with Crippen LogP contribution in [0.2, 0.25) is 5.02 Å². The number of ether oxygens (including phenoxy) is 3. The summed E-state index contributed by atoms with van der Waals surface area (Å²) in [5, 5.41) is 0.190. The van der Waals surface area contributed by atoms with E-state index >= 15 is 0 Å². The number of nitrogens with zero attached hydrogens (tertiary/aromatic N) is 1. The number of rotatable bonds is 10. The normalized spacial score (nSPS) is 17.4. The fraction of sp³-hybridized carbons (Fsp3) is 0.600. The fourth-order valence-electron chi connectivity index (χ4n) is 3.28. The average Bonchev–Trinajstić information content (AvgIpc) is 3.07. The molecule has 1 aliphatic heterocycles. The Morgan fingerprint density at radius 1 is 1.27 bits per heavy atom. The summed E-state index contributed by atoms with van der Waals surface area (Å²) in [5.74, 6) is -0.533. The Labute approximate surface area is 182 Å². The minimum Gasteiger partial charge on any atom is -0.493 e. The van der Waals surface area contributed by atoms with Gasteiger partial charge in [0.2, 0.25) is 0 Å². The van der Waals surface area contributed by atoms with Crippen molar-refractivity contribution in [3.63, 3.8) is 0 Å². The largest absolute Gasteiger partial charge is 0.493 e. The molecule has 0 radical (unpaired) electrons. The molecule has 1 saturated heterocycles. The molecule has 1 unspecified atom stereocenters. The van der Waals surface area contributed by atoms with Crippen LogP contribution >= 0.6 is 11.6 Å². The van der Waals surface area contributed by atoms with E-state index in [0.29, 0.717) is 25.3 Å². The third-order valence-corrected chi connectivity index (χ3v) is 6.83. The van der Waals surface area contributed by atoms with E-state index in [4.69, 9.17) is 25.8 Å². The Morgan fingerprint density at radius 3 is 2.57 bits per heavy atom. The van der Waals surface area contributed by atoms with Crippen LogP contribution in [0.3, 0.4) is 0 Å². The summed E-state index contributed by atoms with van der Waals surface area (Å²) >= 11 is 6.17. The molecule has 0 aromatic heterocycles. The molecule has 1 aromatic carbocycles. The van der Waals surface area contributed by atoms with Crippen molar-refractivity contribution in [1.29, 1.82) is 0 Å². The first-order chi connectivity index (χ1) is 14.2. The van der Waals surface area contributed by atoms with E-state index in [1.165, 1.54) is 24.1 Å². The van der Waals surface area contributed by atoms with Crippen LogP contribution in [0.1, 0.15) is 43.5 Å². The lowest BCUT2D eigenvalue weighted by molar-refractivity contribution is -0.136. The highest BCUT2D eigenvalue weighted by atomic mass is 35.5. The van der Waals surface area contributed by atoms with E-state index in [-0.39, 0.29) is 33.9 Å². The summed E-state index contributed by atoms with van der Waals surface area (Å²) in [7, 11) is -1.71. The van der Waals surface area contributed by atoms with Crippen molar-refractivity contribution in [2.75, 3.05) is 38.4 Å². The van der Waals surface area contributed by atoms with Crippen LogP contribution in [-0.4, -0.2) is 69.6 Å². The zero-order valence-electron chi connectivity index (χ0n) is 17.5. The third kappa shape index (κ3) is 6.25. The van der Waals surface area contributed by atoms with Gasteiger partial charge in [-0.3, -0.25) is 4.79 Å². The predicted octanol–water partition coefficient (Wildman–Crippen LogP) is 2.72. The quantitative estimate of drug-likeness (QED) is 0.494. The van der Waals surface area contributed by atoms with Gasteiger partial charge in [-0.25, -0.2) is 13.2 Å². The van der Waals surface area contributed by atoms with Crippen molar-refractivity contribution in [2.24, 2.45) is 0 Å². The second-order valence-corrected chi connectivity index (χ2v) is 9.63. The van der Waals surface area contributed by atoms with Gasteiger partial charge in [0, 0.05) is 12.6 Å². The highest BCUT2D eigenvalue weighted by Crippen LogP contribution is 2.36. The molecule has 0 bridgehead atoms. The molecule has 1 aromatic rings. The van der Waals surface area contributed by atoms with Gasteiger partial charge < -0.3 is 19.1 Å². The summed E-state index contributed by atoms with van der Waals surface area (Å²) < 4.78 is 39.4. The lowest BCUT2D eigenvalue weighted by atomic mass is 10.2. The molecule has 0 aliphatic carbocycles. The molecule has 8 nitrogen and oxygen atoms in total. The van der Waals surface area contributed by atoms with Crippen LogP contribution in [0, 0.1) is 0 Å². The van der Waals surface area contributed by atoms with E-state index in [1.807, 2.05) is 6.92 Å². The number of hydrogen-bond acceptors (Lipinski definition) is 7. The van der Waals surface area contributed by atoms with Gasteiger partial charge in [-0.2, -0.15) is 0 Å². The Bertz CT molecular complexity index is 872. The third-order valence-electron chi connectivity index (χ3n) is 4.80. The molecule has 1 amide bonds. The number of hydrogen-bond donors (Lipinski definition) is 0. The van der Waals surface area contributed by atoms with E-state index in [2.05, 4.69) is 0 Å². The number of carbonyl (C=O) groups excluding carboxylic acids is 2. The molecule has 30 heavy (non-hydrogen) atoms. The second kappa shape index (κ2) is 10.9. The van der Waals surface area contributed by atoms with Crippen molar-refractivity contribution in [3.8, 4) is 11.5 Å². The molecule has 1 aliphatic rings. The fourth-order valence-corrected chi connectivity index (χ4v) is 5.27. The molecule has 2 rings (SSSR count). The maximum absolute atomic E-state index is 12.7. The highest BCUT2D eigenvalue weighted by Gasteiger charge is 2.34. The number of benzene rings is 1. The molecule has 1 atom stereocenters. The van der Waals surface area contributed by atoms with Crippen LogP contribution < -0.4 is 9.47 Å². The number of sulfone groups is 1. The Morgan fingerprint density at radius 2 is 2.00 bits per heavy atom. The Balaban J connectivity index is 2.07. The zero-order valence-corrected chi connectivity index (χ0v) is 19.1. The topological polar surface area (TPSA) is 99.2 Å². The van der Waals surface area contributed by atoms with Crippen molar-refractivity contribution in [3.05, 3.63) is 22.7 Å². The number of halogens is 1. The summed E-state index contributed by atoms with van der Waals surface area (Å²) in [5.41, 5.74) is 0.122. The molecule has 0 spiro atoms. The number of unbranched alkanes of at least 4 members (excludes halogenated alkanes) is 1. The number of methoxy groups -OCH3 is 1. The maximum Gasteiger partial charge on any atom is 0.338 e. The lowest BCUT2D eigenvalue weighted by Gasteiger charge is -2.28. The molecule has 1 heterocycles. The molecule has 1 fully saturated rings. The predicted molar refractivity (Wildman–Crippen MR) is 113 cm³/mol. The van der Waals surface area contributed by atoms with Gasteiger partial charge in [-0.05, 0) is 31.9 Å². The van der Waals surface area contributed by atoms with E-state index in [1.54, 1.807) is 6.92 Å². The van der Waals surface area contributed by atoms with Crippen LogP contribution in [0.15, 0.2) is 12.1 Å². The van der Waals surface area contributed by atoms with Gasteiger partial charge in [-0.15, -0.1) is 0 Å². The molecular formula is C20H28ClNO7S. The lowest BCUT2D eigenvalue weighted by Crippen LogP contribution is -2.43. The van der Waals surface area contributed by atoms with Gasteiger partial charge in [0.25, 0.3) is 5.91 Å². The SMILES string of the molecule is CCCCN(C(=O)COC(=O)c1cc(Cl)c(OCC)c(OC)c1)C1CCS(=O)(=O)C1. The van der Waals surface area contributed by atoms with Crippen molar-refractivity contribution >= 4 is 33.3 Å². The van der Waals surface area contributed by atoms with Gasteiger partial charge in [0.1, 0.15) is 0 Å². The average molecular weight is 462 g/mol. The molecule has 0 N–H and O–H groups in total. The van der Waals surface area contributed by atoms with Crippen LogP contribution in [-0.2, 0) is 19.4 Å². The first kappa shape index (κ1) is 24.3. The van der Waals surface area contributed by atoms with E-state index < -0.39 is 28.3 Å². The highest BCUT2D eigenvalue weighted by molar-refractivity contribution is 7.91. The van der Waals surface area contributed by atoms with Crippen molar-refractivity contribution in [2.45, 2.75) is 39.2 Å². The summed E-state index contributed by atoms with van der Waals surface area (Å²) in [6.45, 7) is 4.10. The zero-order chi connectivity index (χ0) is 22.3. The van der Waals surface area contributed by atoms with Crippen molar-refractivity contribution < 1.29 is 32.2 Å². The van der Waals surface area contributed by atoms with Gasteiger partial charge in [-0.1, -0.05) is 24.9 Å². The standard InChI is InChI=1S/C20H28ClNO7S/c1-4-6-8-22(15-7-9-30(25,26)13-15)18(23)12-29-20(24)14-10-16(21)19(28-5-2)17(11-14)27-3/h10-11,15H,4-9,12-13H2,1-3H3. The van der Waals surface area contributed by atoms with Gasteiger partial charge in [0.05, 0.1) is 35.8 Å². The smallest absolute Gasteiger partial charge is 0.338 e. The monoisotopic (exact) mass is 461 g/mol. The number of amides is 1. The molecule has 168 valence electrons. The number of carbonyl (C=O) groups is 2. The Hall–Kier alpha value is -2.00. The van der Waals surface area contributed by atoms with E-state index in [9.17, 15) is 18.0 Å².